The van der Waals surface area contributed by atoms with Crippen LogP contribution in [-0.2, 0) is 6.42 Å². The summed E-state index contributed by atoms with van der Waals surface area (Å²) in [5.41, 5.74) is 4.28. The highest BCUT2D eigenvalue weighted by molar-refractivity contribution is 7.99. The van der Waals surface area contributed by atoms with E-state index in [1.54, 1.807) is 33.1 Å². The van der Waals surface area contributed by atoms with Gasteiger partial charge in [0.05, 0.1) is 33.5 Å². The number of hydroxylamine groups is 2. The first-order valence-corrected chi connectivity index (χ1v) is 17.8. The van der Waals surface area contributed by atoms with Gasteiger partial charge in [-0.25, -0.2) is 0 Å². The number of piperazine rings is 1. The van der Waals surface area contributed by atoms with Crippen LogP contribution in [0.1, 0.15) is 46.5 Å². The van der Waals surface area contributed by atoms with E-state index in [1.165, 1.54) is 5.56 Å². The predicted octanol–water partition coefficient (Wildman–Crippen LogP) is 6.01. The van der Waals surface area contributed by atoms with Gasteiger partial charge in [-0.3, -0.25) is 0 Å². The minimum absolute atomic E-state index is 0.212. The van der Waals surface area contributed by atoms with Crippen molar-refractivity contribution in [2.75, 3.05) is 67.2 Å². The first-order chi connectivity index (χ1) is 23.6. The van der Waals surface area contributed by atoms with E-state index in [0.29, 0.717) is 23.9 Å². The Morgan fingerprint density at radius 3 is 2.02 bits per heavy atom. The van der Waals surface area contributed by atoms with Crippen molar-refractivity contribution in [2.45, 2.75) is 35.6 Å². The van der Waals surface area contributed by atoms with Gasteiger partial charge in [0.1, 0.15) is 11.8 Å². The Bertz CT molecular complexity index is 1590. The van der Waals surface area contributed by atoms with Crippen molar-refractivity contribution in [1.82, 2.24) is 9.80 Å². The summed E-state index contributed by atoms with van der Waals surface area (Å²) >= 11 is 1.64. The molecule has 2 aliphatic heterocycles. The van der Waals surface area contributed by atoms with Gasteiger partial charge in [0.2, 0.25) is 5.75 Å². The molecule has 0 amide bonds. The fraction of sp³-hybridized carbons (Fsp3) is 0.385. The van der Waals surface area contributed by atoms with E-state index in [9.17, 15) is 5.21 Å². The highest BCUT2D eigenvalue weighted by Crippen LogP contribution is 2.44. The number of ether oxygens (including phenoxy) is 4. The van der Waals surface area contributed by atoms with E-state index >= 15 is 0 Å². The van der Waals surface area contributed by atoms with Crippen molar-refractivity contribution in [2.24, 2.45) is 0 Å². The number of thioether (sulfide) groups is 1. The molecule has 2 aliphatic rings. The molecule has 0 aliphatic carbocycles. The van der Waals surface area contributed by atoms with Gasteiger partial charge >= 0.3 is 0 Å². The van der Waals surface area contributed by atoms with Crippen LogP contribution >= 0.6 is 11.8 Å². The van der Waals surface area contributed by atoms with Crippen molar-refractivity contribution in [3.8, 4) is 23.0 Å². The lowest BCUT2D eigenvalue weighted by Gasteiger charge is -2.42. The number of methoxy groups -OCH3 is 3. The molecule has 9 heteroatoms. The maximum absolute atomic E-state index is 14.1. The van der Waals surface area contributed by atoms with Crippen molar-refractivity contribution < 1.29 is 24.0 Å². The van der Waals surface area contributed by atoms with Gasteiger partial charge in [0.15, 0.2) is 16.9 Å². The zero-order chi connectivity index (χ0) is 33.3. The van der Waals surface area contributed by atoms with E-state index in [4.69, 9.17) is 18.9 Å². The lowest BCUT2D eigenvalue weighted by atomic mass is 9.97. The molecule has 0 saturated carbocycles. The van der Waals surface area contributed by atoms with Crippen LogP contribution in [0.3, 0.4) is 0 Å². The third-order valence-corrected chi connectivity index (χ3v) is 10.7. The van der Waals surface area contributed by atoms with Crippen LogP contribution < -0.4 is 24.0 Å². The third-order valence-electron chi connectivity index (χ3n) is 9.38. The first-order valence-electron chi connectivity index (χ1n) is 16.9. The number of benzene rings is 4. The normalized spacial score (nSPS) is 19.8. The molecule has 4 aromatic rings. The van der Waals surface area contributed by atoms with Crippen molar-refractivity contribution >= 4 is 11.8 Å². The Morgan fingerprint density at radius 2 is 1.33 bits per heavy atom. The summed E-state index contributed by atoms with van der Waals surface area (Å²) in [6.45, 7) is 6.98. The maximum Gasteiger partial charge on any atom is 0.203 e. The first kappa shape index (κ1) is 34.1. The monoisotopic (exact) mass is 669 g/mol. The van der Waals surface area contributed by atoms with E-state index in [-0.39, 0.29) is 16.5 Å². The number of rotatable bonds is 14. The molecular weight excluding hydrogens is 623 g/mol. The van der Waals surface area contributed by atoms with Crippen LogP contribution in [0, 0.1) is 5.21 Å². The quantitative estimate of drug-likeness (QED) is 0.129. The van der Waals surface area contributed by atoms with Crippen molar-refractivity contribution in [3.63, 3.8) is 0 Å². The molecule has 0 aromatic heterocycles. The SMILES string of the molecule is COc1cc(CCN2CCN(CCCCOc3ccccc3C3Sc4ccccc4C(c4ccccc4)[NH+]3[O-])CC2)cc(OC)c1OC. The summed E-state index contributed by atoms with van der Waals surface area (Å²) in [6.07, 6.45) is 2.98. The maximum atomic E-state index is 14.1. The van der Waals surface area contributed by atoms with Gasteiger partial charge in [-0.15, -0.1) is 0 Å². The van der Waals surface area contributed by atoms with Crippen LogP contribution in [0.25, 0.3) is 0 Å². The fourth-order valence-corrected chi connectivity index (χ4v) is 8.08. The molecule has 1 saturated heterocycles. The lowest BCUT2D eigenvalue weighted by Crippen LogP contribution is -3.08. The summed E-state index contributed by atoms with van der Waals surface area (Å²) in [7, 11) is 4.95. The van der Waals surface area contributed by atoms with Crippen molar-refractivity contribution in [1.29, 1.82) is 0 Å². The van der Waals surface area contributed by atoms with Crippen molar-refractivity contribution in [3.05, 3.63) is 118 Å². The number of para-hydroxylation sites is 1. The minimum Gasteiger partial charge on any atom is -0.633 e. The largest absolute Gasteiger partial charge is 0.633 e. The Hall–Kier alpha value is -3.73. The Kier molecular flexibility index (Phi) is 11.8. The number of nitrogens with one attached hydrogen (secondary N) is 1. The van der Waals surface area contributed by atoms with Crippen LogP contribution in [0.2, 0.25) is 0 Å². The molecular formula is C39H47N3O5S. The van der Waals surface area contributed by atoms with Gasteiger partial charge in [0.25, 0.3) is 0 Å². The van der Waals surface area contributed by atoms with E-state index in [2.05, 4.69) is 46.2 Å². The van der Waals surface area contributed by atoms with Gasteiger partial charge in [0, 0.05) is 48.7 Å². The Balaban J connectivity index is 0.971. The Labute approximate surface area is 289 Å². The molecule has 0 spiro atoms. The molecule has 4 aromatic carbocycles. The summed E-state index contributed by atoms with van der Waals surface area (Å²) in [6, 6.07) is 30.4. The van der Waals surface area contributed by atoms with Crippen LogP contribution in [0.4, 0.5) is 0 Å². The summed E-state index contributed by atoms with van der Waals surface area (Å²) in [5.74, 6) is 2.85. The minimum atomic E-state index is -0.314. The lowest BCUT2D eigenvalue weighted by molar-refractivity contribution is -0.893. The van der Waals surface area contributed by atoms with E-state index in [0.717, 1.165) is 85.9 Å². The number of hydrogen-bond acceptors (Lipinski definition) is 8. The molecule has 0 bridgehead atoms. The van der Waals surface area contributed by atoms with Crippen LogP contribution in [0.15, 0.2) is 95.9 Å². The number of fused-ring (bicyclic) bond motifs is 1. The second-order valence-corrected chi connectivity index (χ2v) is 13.5. The summed E-state index contributed by atoms with van der Waals surface area (Å²) in [4.78, 5) is 6.25. The molecule has 0 radical (unpaired) electrons. The molecule has 48 heavy (non-hydrogen) atoms. The zero-order valence-corrected chi connectivity index (χ0v) is 29.0. The number of nitrogens with zero attached hydrogens (tertiary/aromatic N) is 2. The smallest absolute Gasteiger partial charge is 0.203 e. The second kappa shape index (κ2) is 16.6. The highest BCUT2D eigenvalue weighted by atomic mass is 32.2. The topological polar surface area (TPSA) is 70.9 Å². The highest BCUT2D eigenvalue weighted by Gasteiger charge is 2.37. The van der Waals surface area contributed by atoms with E-state index < -0.39 is 0 Å². The molecule has 8 nitrogen and oxygen atoms in total. The zero-order valence-electron chi connectivity index (χ0n) is 28.2. The standard InChI is InChI=1S/C39H47N3O5S/c1-44-34-27-29(28-35(45-2)38(34)46-3)19-21-41-24-22-40(23-25-41)20-11-12-26-47-33-17-9-7-15-31(33)39-42(43)37(30-13-5-4-6-14-30)32-16-8-10-18-36(32)48-39/h4-10,13-18,27-28,37,39,42H,11-12,19-26H2,1-3H3. The van der Waals surface area contributed by atoms with Crippen LogP contribution in [-0.4, -0.2) is 77.0 Å². The number of quaternary nitrogens is 1. The van der Waals surface area contributed by atoms with Gasteiger partial charge in [-0.2, -0.15) is 0 Å². The molecule has 3 unspecified atom stereocenters. The average molecular weight is 670 g/mol. The number of hydrogen-bond donors (Lipinski definition) is 1. The number of unbranched alkanes of at least 4 members (excludes halogenated alkanes) is 1. The van der Waals surface area contributed by atoms with Crippen LogP contribution in [0.5, 0.6) is 23.0 Å². The van der Waals surface area contributed by atoms with Gasteiger partial charge in [-0.1, -0.05) is 72.4 Å². The van der Waals surface area contributed by atoms with Gasteiger partial charge < -0.3 is 39.0 Å². The molecule has 254 valence electrons. The molecule has 2 heterocycles. The predicted molar refractivity (Wildman–Crippen MR) is 192 cm³/mol. The summed E-state index contributed by atoms with van der Waals surface area (Å²) in [5, 5.41) is 14.0. The summed E-state index contributed by atoms with van der Waals surface area (Å²) < 4.78 is 22.9. The Morgan fingerprint density at radius 1 is 0.708 bits per heavy atom. The molecule has 1 fully saturated rings. The van der Waals surface area contributed by atoms with E-state index in [1.807, 2.05) is 54.6 Å². The molecule has 3 atom stereocenters. The van der Waals surface area contributed by atoms with Gasteiger partial charge in [-0.05, 0) is 61.7 Å². The average Bonchev–Trinajstić information content (AvgIpc) is 3.14. The third kappa shape index (κ3) is 7.93. The molecule has 6 rings (SSSR count). The fourth-order valence-electron chi connectivity index (χ4n) is 6.77. The molecule has 1 N–H and O–H groups in total. The second-order valence-electron chi connectivity index (χ2n) is 12.3.